The molecule has 0 bridgehead atoms. The first-order valence-corrected chi connectivity index (χ1v) is 7.60. The van der Waals surface area contributed by atoms with Crippen LogP contribution in [0.2, 0.25) is 0 Å². The maximum atomic E-state index is 6.05. The number of hydrogen-bond acceptors (Lipinski definition) is 3. The zero-order valence-electron chi connectivity index (χ0n) is 12.8. The van der Waals surface area contributed by atoms with E-state index in [1.54, 1.807) is 0 Å². The second kappa shape index (κ2) is 5.76. The summed E-state index contributed by atoms with van der Waals surface area (Å²) in [6.07, 6.45) is 6.77. The van der Waals surface area contributed by atoms with Gasteiger partial charge in [-0.05, 0) is 73.9 Å². The van der Waals surface area contributed by atoms with Gasteiger partial charge in [0.1, 0.15) is 12.4 Å². The summed E-state index contributed by atoms with van der Waals surface area (Å²) >= 11 is 0. The van der Waals surface area contributed by atoms with Crippen molar-refractivity contribution < 1.29 is 4.74 Å². The Bertz CT molecular complexity index is 665. The summed E-state index contributed by atoms with van der Waals surface area (Å²) in [7, 11) is 0. The highest BCUT2D eigenvalue weighted by atomic mass is 16.5. The minimum Gasteiger partial charge on any atom is -0.487 e. The Morgan fingerprint density at radius 3 is 2.71 bits per heavy atom. The van der Waals surface area contributed by atoms with Gasteiger partial charge in [-0.2, -0.15) is 0 Å². The van der Waals surface area contributed by atoms with E-state index in [0.717, 1.165) is 28.3 Å². The van der Waals surface area contributed by atoms with Crippen molar-refractivity contribution in [1.29, 1.82) is 0 Å². The summed E-state index contributed by atoms with van der Waals surface area (Å²) in [6, 6.07) is 6.45. The van der Waals surface area contributed by atoms with Crippen molar-refractivity contribution in [3.63, 3.8) is 0 Å². The van der Waals surface area contributed by atoms with Crippen LogP contribution in [0, 0.1) is 13.8 Å². The van der Waals surface area contributed by atoms with Gasteiger partial charge in [0.25, 0.3) is 0 Å². The fraction of sp³-hybridized carbons (Fsp3) is 0.389. The molecule has 0 saturated carbocycles. The van der Waals surface area contributed by atoms with E-state index in [1.165, 1.54) is 36.8 Å². The van der Waals surface area contributed by atoms with Crippen LogP contribution in [-0.4, -0.2) is 4.98 Å². The summed E-state index contributed by atoms with van der Waals surface area (Å²) < 4.78 is 5.92. The number of nitrogens with zero attached hydrogens (tertiary/aromatic N) is 1. The van der Waals surface area contributed by atoms with Crippen LogP contribution < -0.4 is 10.5 Å². The number of hydrogen-bond donors (Lipinski definition) is 1. The fourth-order valence-electron chi connectivity index (χ4n) is 2.89. The lowest BCUT2D eigenvalue weighted by Crippen LogP contribution is -2.06. The molecular formula is C18H22N2O. The average molecular weight is 282 g/mol. The van der Waals surface area contributed by atoms with E-state index in [9.17, 15) is 0 Å². The largest absolute Gasteiger partial charge is 0.487 e. The predicted molar refractivity (Wildman–Crippen MR) is 85.5 cm³/mol. The van der Waals surface area contributed by atoms with E-state index < -0.39 is 0 Å². The molecule has 110 valence electrons. The topological polar surface area (TPSA) is 48.1 Å². The van der Waals surface area contributed by atoms with E-state index in [-0.39, 0.29) is 0 Å². The van der Waals surface area contributed by atoms with E-state index in [4.69, 9.17) is 10.5 Å². The van der Waals surface area contributed by atoms with Crippen LogP contribution in [0.5, 0.6) is 5.75 Å². The number of fused-ring (bicyclic) bond motifs is 1. The van der Waals surface area contributed by atoms with Crippen molar-refractivity contribution in [2.75, 3.05) is 5.73 Å². The van der Waals surface area contributed by atoms with Gasteiger partial charge in [0.2, 0.25) is 0 Å². The third-order valence-corrected chi connectivity index (χ3v) is 4.37. The normalized spacial score (nSPS) is 13.8. The highest BCUT2D eigenvalue weighted by Gasteiger charge is 2.11. The molecule has 3 heteroatoms. The number of nitrogens with two attached hydrogens (primary N) is 1. The van der Waals surface area contributed by atoms with Crippen molar-refractivity contribution in [1.82, 2.24) is 4.98 Å². The predicted octanol–water partition coefficient (Wildman–Crippen LogP) is 3.74. The molecule has 1 aliphatic rings. The molecule has 0 amide bonds. The second-order valence-electron chi connectivity index (χ2n) is 5.85. The van der Waals surface area contributed by atoms with Crippen LogP contribution in [-0.2, 0) is 19.4 Å². The monoisotopic (exact) mass is 282 g/mol. The zero-order chi connectivity index (χ0) is 14.8. The Labute approximate surface area is 126 Å². The lowest BCUT2D eigenvalue weighted by atomic mass is 9.92. The van der Waals surface area contributed by atoms with Gasteiger partial charge in [0, 0.05) is 11.9 Å². The number of pyridine rings is 1. The molecule has 0 saturated heterocycles. The summed E-state index contributed by atoms with van der Waals surface area (Å²) in [6.45, 7) is 4.44. The van der Waals surface area contributed by atoms with E-state index in [0.29, 0.717) is 6.61 Å². The van der Waals surface area contributed by atoms with Crippen molar-refractivity contribution in [2.24, 2.45) is 0 Å². The van der Waals surface area contributed by atoms with Crippen LogP contribution in [0.4, 0.5) is 5.69 Å². The fourth-order valence-corrected chi connectivity index (χ4v) is 2.89. The number of nitrogen functional groups attached to an aromatic ring is 1. The molecule has 1 heterocycles. The number of aryl methyl sites for hydroxylation is 3. The summed E-state index contributed by atoms with van der Waals surface area (Å²) in [5.74, 6) is 0.927. The molecule has 1 aromatic heterocycles. The van der Waals surface area contributed by atoms with Gasteiger partial charge in [-0.25, -0.2) is 0 Å². The number of benzene rings is 1. The Kier molecular flexibility index (Phi) is 3.82. The van der Waals surface area contributed by atoms with E-state index >= 15 is 0 Å². The number of rotatable bonds is 3. The molecule has 3 nitrogen and oxygen atoms in total. The number of aromatic nitrogens is 1. The van der Waals surface area contributed by atoms with Crippen LogP contribution in [0.1, 0.15) is 40.8 Å². The number of ether oxygens (including phenoxy) is 1. The van der Waals surface area contributed by atoms with Crippen LogP contribution in [0.25, 0.3) is 0 Å². The van der Waals surface area contributed by atoms with Crippen molar-refractivity contribution >= 4 is 5.69 Å². The van der Waals surface area contributed by atoms with Crippen molar-refractivity contribution in [2.45, 2.75) is 46.1 Å². The highest BCUT2D eigenvalue weighted by molar-refractivity contribution is 5.53. The zero-order valence-corrected chi connectivity index (χ0v) is 12.8. The Balaban J connectivity index is 1.75. The molecule has 0 fully saturated rings. The first-order valence-electron chi connectivity index (χ1n) is 7.60. The van der Waals surface area contributed by atoms with Gasteiger partial charge in [-0.3, -0.25) is 4.98 Å². The van der Waals surface area contributed by atoms with Gasteiger partial charge < -0.3 is 10.5 Å². The smallest absolute Gasteiger partial charge is 0.131 e. The van der Waals surface area contributed by atoms with Crippen LogP contribution >= 0.6 is 0 Å². The van der Waals surface area contributed by atoms with Gasteiger partial charge >= 0.3 is 0 Å². The third kappa shape index (κ3) is 2.87. The highest BCUT2D eigenvalue weighted by Crippen LogP contribution is 2.26. The molecule has 2 aromatic rings. The quantitative estimate of drug-likeness (QED) is 0.933. The third-order valence-electron chi connectivity index (χ3n) is 4.37. The Morgan fingerprint density at radius 1 is 1.14 bits per heavy atom. The van der Waals surface area contributed by atoms with E-state index in [1.807, 2.05) is 20.0 Å². The molecule has 21 heavy (non-hydrogen) atoms. The number of anilines is 1. The first kappa shape index (κ1) is 13.9. The maximum absolute atomic E-state index is 6.05. The molecule has 0 aliphatic heterocycles. The molecule has 2 N–H and O–H groups in total. The summed E-state index contributed by atoms with van der Waals surface area (Å²) in [5.41, 5.74) is 12.7. The Hall–Kier alpha value is -2.03. The summed E-state index contributed by atoms with van der Waals surface area (Å²) in [5, 5.41) is 0. The van der Waals surface area contributed by atoms with Crippen LogP contribution in [0.3, 0.4) is 0 Å². The van der Waals surface area contributed by atoms with Crippen molar-refractivity contribution in [3.8, 4) is 5.75 Å². The first-order chi connectivity index (χ1) is 10.1. The lowest BCUT2D eigenvalue weighted by Gasteiger charge is -2.17. The lowest BCUT2D eigenvalue weighted by molar-refractivity contribution is 0.300. The maximum Gasteiger partial charge on any atom is 0.131 e. The Morgan fingerprint density at radius 2 is 1.90 bits per heavy atom. The second-order valence-corrected chi connectivity index (χ2v) is 5.85. The standard InChI is InChI=1S/C18H22N2O/c1-12-10-20-17(13(2)18(12)19)11-21-16-8-7-14-5-3-4-6-15(14)9-16/h7-10H,3-6,11H2,1-2H3,(H2,19,20). The molecule has 1 aliphatic carbocycles. The van der Waals surface area contributed by atoms with Gasteiger partial charge in [0.05, 0.1) is 5.69 Å². The average Bonchev–Trinajstić information content (AvgIpc) is 2.52. The summed E-state index contributed by atoms with van der Waals surface area (Å²) in [4.78, 5) is 4.44. The molecule has 0 spiro atoms. The van der Waals surface area contributed by atoms with Crippen molar-refractivity contribution in [3.05, 3.63) is 52.3 Å². The molecular weight excluding hydrogens is 260 g/mol. The minimum atomic E-state index is 0.467. The molecule has 3 rings (SSSR count). The minimum absolute atomic E-state index is 0.467. The molecule has 1 aromatic carbocycles. The van der Waals surface area contributed by atoms with Crippen LogP contribution in [0.15, 0.2) is 24.4 Å². The molecule has 0 unspecified atom stereocenters. The SMILES string of the molecule is Cc1cnc(COc2ccc3c(c2)CCCC3)c(C)c1N. The molecule has 0 radical (unpaired) electrons. The van der Waals surface area contributed by atoms with Gasteiger partial charge in [0.15, 0.2) is 0 Å². The van der Waals surface area contributed by atoms with E-state index in [2.05, 4.69) is 23.2 Å². The van der Waals surface area contributed by atoms with Gasteiger partial charge in [-0.1, -0.05) is 6.07 Å². The molecule has 0 atom stereocenters. The van der Waals surface area contributed by atoms with Gasteiger partial charge in [-0.15, -0.1) is 0 Å².